The second-order valence-electron chi connectivity index (χ2n) is 6.87. The molecule has 0 radical (unpaired) electrons. The van der Waals surface area contributed by atoms with E-state index in [1.54, 1.807) is 11.0 Å². The Balaban J connectivity index is 1.74. The number of benzene rings is 1. The summed E-state index contributed by atoms with van der Waals surface area (Å²) in [4.78, 5) is 25.9. The van der Waals surface area contributed by atoms with E-state index < -0.39 is 17.3 Å². The van der Waals surface area contributed by atoms with Crippen molar-refractivity contribution >= 4 is 11.9 Å². The molecule has 124 valence electrons. The fourth-order valence-corrected chi connectivity index (χ4v) is 3.81. The maximum absolute atomic E-state index is 13.4. The van der Waals surface area contributed by atoms with E-state index in [-0.39, 0.29) is 11.7 Å². The topological polar surface area (TPSA) is 57.6 Å². The number of hydrogen-bond acceptors (Lipinski definition) is 2. The molecule has 1 amide bonds. The van der Waals surface area contributed by atoms with Gasteiger partial charge in [-0.25, -0.2) is 4.39 Å². The lowest BCUT2D eigenvalue weighted by atomic mass is 9.64. The van der Waals surface area contributed by atoms with Gasteiger partial charge in [-0.3, -0.25) is 9.59 Å². The van der Waals surface area contributed by atoms with E-state index in [1.165, 1.54) is 12.1 Å². The van der Waals surface area contributed by atoms with E-state index in [0.29, 0.717) is 25.9 Å². The van der Waals surface area contributed by atoms with Gasteiger partial charge in [0.1, 0.15) is 5.82 Å². The van der Waals surface area contributed by atoms with Crippen LogP contribution in [0.4, 0.5) is 4.39 Å². The average Bonchev–Trinajstić information content (AvgIpc) is 2.50. The molecule has 1 N–H and O–H groups in total. The molecule has 23 heavy (non-hydrogen) atoms. The van der Waals surface area contributed by atoms with E-state index in [2.05, 4.69) is 0 Å². The Bertz CT molecular complexity index is 612. The van der Waals surface area contributed by atoms with Gasteiger partial charge in [-0.2, -0.15) is 0 Å². The third-order valence-corrected chi connectivity index (χ3v) is 5.25. The number of rotatable bonds is 4. The summed E-state index contributed by atoms with van der Waals surface area (Å²) >= 11 is 0. The second kappa shape index (κ2) is 6.30. The zero-order valence-corrected chi connectivity index (χ0v) is 13.1. The summed E-state index contributed by atoms with van der Waals surface area (Å²) in [5.41, 5.74) is 0.374. The fraction of sp³-hybridized carbons (Fsp3) is 0.556. The first-order chi connectivity index (χ1) is 11.0. The van der Waals surface area contributed by atoms with Crippen LogP contribution in [0.15, 0.2) is 24.3 Å². The number of amides is 1. The zero-order chi connectivity index (χ0) is 16.4. The maximum Gasteiger partial charge on any atom is 0.308 e. The van der Waals surface area contributed by atoms with Gasteiger partial charge in [-0.1, -0.05) is 18.6 Å². The first-order valence-electron chi connectivity index (χ1n) is 8.27. The van der Waals surface area contributed by atoms with Crippen LogP contribution in [-0.4, -0.2) is 35.0 Å². The smallest absolute Gasteiger partial charge is 0.308 e. The summed E-state index contributed by atoms with van der Waals surface area (Å²) in [7, 11) is 0. The molecule has 2 fully saturated rings. The van der Waals surface area contributed by atoms with Gasteiger partial charge in [0.05, 0.1) is 11.3 Å². The Labute approximate surface area is 135 Å². The van der Waals surface area contributed by atoms with Gasteiger partial charge in [0.25, 0.3) is 0 Å². The van der Waals surface area contributed by atoms with Gasteiger partial charge >= 0.3 is 5.97 Å². The second-order valence-corrected chi connectivity index (χ2v) is 6.87. The molecule has 3 rings (SSSR count). The molecule has 1 aromatic rings. The number of hydrogen-bond donors (Lipinski definition) is 1. The van der Waals surface area contributed by atoms with Crippen molar-refractivity contribution in [2.24, 2.45) is 11.3 Å². The first kappa shape index (κ1) is 16.0. The van der Waals surface area contributed by atoms with E-state index >= 15 is 0 Å². The molecule has 1 aromatic carbocycles. The molecule has 1 unspecified atom stereocenters. The van der Waals surface area contributed by atoms with Crippen LogP contribution in [0.3, 0.4) is 0 Å². The predicted octanol–water partition coefficient (Wildman–Crippen LogP) is 2.86. The number of carboxylic acids is 1. The van der Waals surface area contributed by atoms with Crippen molar-refractivity contribution in [2.75, 3.05) is 13.1 Å². The van der Waals surface area contributed by atoms with Crippen molar-refractivity contribution in [3.8, 4) is 0 Å². The van der Waals surface area contributed by atoms with Crippen molar-refractivity contribution in [1.82, 2.24) is 4.90 Å². The molecule has 0 bridgehead atoms. The molecule has 1 heterocycles. The Kier molecular flexibility index (Phi) is 4.37. The number of halogens is 1. The summed E-state index contributed by atoms with van der Waals surface area (Å²) in [6, 6.07) is 6.42. The molecule has 1 saturated heterocycles. The predicted molar refractivity (Wildman–Crippen MR) is 83.3 cm³/mol. The van der Waals surface area contributed by atoms with Crippen LogP contribution in [0.25, 0.3) is 0 Å². The van der Waals surface area contributed by atoms with Crippen molar-refractivity contribution in [2.45, 2.75) is 38.5 Å². The highest BCUT2D eigenvalue weighted by atomic mass is 19.1. The molecule has 1 atom stereocenters. The fourth-order valence-electron chi connectivity index (χ4n) is 3.81. The molecule has 1 aliphatic carbocycles. The summed E-state index contributed by atoms with van der Waals surface area (Å²) in [5.74, 6) is -1.51. The lowest BCUT2D eigenvalue weighted by molar-refractivity contribution is -0.153. The summed E-state index contributed by atoms with van der Waals surface area (Å²) in [6.45, 7) is 0.937. The number of piperidine rings is 1. The number of nitrogens with zero attached hydrogens (tertiary/aromatic N) is 1. The van der Waals surface area contributed by atoms with Gasteiger partial charge in [0, 0.05) is 13.1 Å². The Morgan fingerprint density at radius 2 is 2.09 bits per heavy atom. The highest BCUT2D eigenvalue weighted by Crippen LogP contribution is 2.45. The van der Waals surface area contributed by atoms with Crippen molar-refractivity contribution in [1.29, 1.82) is 0 Å². The molecule has 1 saturated carbocycles. The molecular formula is C18H22FNO3. The molecule has 4 nitrogen and oxygen atoms in total. The number of likely N-dealkylation sites (tertiary alicyclic amines) is 1. The zero-order valence-electron chi connectivity index (χ0n) is 13.1. The number of aliphatic carboxylic acids is 1. The molecule has 0 aromatic heterocycles. The van der Waals surface area contributed by atoms with Gasteiger partial charge < -0.3 is 10.0 Å². The summed E-state index contributed by atoms with van der Waals surface area (Å²) < 4.78 is 13.4. The monoisotopic (exact) mass is 319 g/mol. The minimum atomic E-state index is -0.824. The number of carboxylic acid groups (broad SMARTS) is 1. The SMILES string of the molecule is O=C(O)C1CCCN(C(=O)C2(Cc3cccc(F)c3)CCC2)C1. The first-order valence-corrected chi connectivity index (χ1v) is 8.27. The lowest BCUT2D eigenvalue weighted by Gasteiger charge is -2.45. The van der Waals surface area contributed by atoms with Crippen molar-refractivity contribution in [3.63, 3.8) is 0 Å². The van der Waals surface area contributed by atoms with Gasteiger partial charge in [-0.05, 0) is 49.8 Å². The standard InChI is InChI=1S/C18H22FNO3/c19-15-6-1-4-13(10-15)11-18(7-3-8-18)17(23)20-9-2-5-14(12-20)16(21)22/h1,4,6,10,14H,2-3,5,7-9,11-12H2,(H,21,22). The van der Waals surface area contributed by atoms with Crippen LogP contribution < -0.4 is 0 Å². The van der Waals surface area contributed by atoms with E-state index in [0.717, 1.165) is 31.2 Å². The molecule has 0 spiro atoms. The average molecular weight is 319 g/mol. The summed E-state index contributed by atoms with van der Waals surface area (Å²) in [5, 5.41) is 9.20. The highest BCUT2D eigenvalue weighted by Gasteiger charge is 2.47. The molecule has 2 aliphatic rings. The number of carbonyl (C=O) groups is 2. The third-order valence-electron chi connectivity index (χ3n) is 5.25. The quantitative estimate of drug-likeness (QED) is 0.928. The van der Waals surface area contributed by atoms with Crippen LogP contribution in [0.1, 0.15) is 37.7 Å². The van der Waals surface area contributed by atoms with E-state index in [4.69, 9.17) is 0 Å². The number of carbonyl (C=O) groups excluding carboxylic acids is 1. The van der Waals surface area contributed by atoms with Crippen molar-refractivity contribution in [3.05, 3.63) is 35.6 Å². The molecule has 5 heteroatoms. The van der Waals surface area contributed by atoms with E-state index in [1.807, 2.05) is 6.07 Å². The van der Waals surface area contributed by atoms with E-state index in [9.17, 15) is 19.1 Å². The van der Waals surface area contributed by atoms with Crippen LogP contribution >= 0.6 is 0 Å². The Morgan fingerprint density at radius 3 is 2.70 bits per heavy atom. The van der Waals surface area contributed by atoms with Crippen LogP contribution in [0, 0.1) is 17.2 Å². The molecular weight excluding hydrogens is 297 g/mol. The van der Waals surface area contributed by atoms with Crippen LogP contribution in [-0.2, 0) is 16.0 Å². The Hall–Kier alpha value is -1.91. The third kappa shape index (κ3) is 3.23. The molecule has 1 aliphatic heterocycles. The van der Waals surface area contributed by atoms with Crippen LogP contribution in [0.5, 0.6) is 0 Å². The lowest BCUT2D eigenvalue weighted by Crippen LogP contribution is -2.52. The largest absolute Gasteiger partial charge is 0.481 e. The van der Waals surface area contributed by atoms with Crippen LogP contribution in [0.2, 0.25) is 0 Å². The summed E-state index contributed by atoms with van der Waals surface area (Å²) in [6.07, 6.45) is 4.51. The van der Waals surface area contributed by atoms with Crippen molar-refractivity contribution < 1.29 is 19.1 Å². The minimum Gasteiger partial charge on any atom is -0.481 e. The highest BCUT2D eigenvalue weighted by molar-refractivity contribution is 5.84. The van der Waals surface area contributed by atoms with Gasteiger partial charge in [-0.15, -0.1) is 0 Å². The minimum absolute atomic E-state index is 0.0546. The van der Waals surface area contributed by atoms with Gasteiger partial charge in [0.2, 0.25) is 5.91 Å². The maximum atomic E-state index is 13.4. The normalized spacial score (nSPS) is 23.2. The van der Waals surface area contributed by atoms with Gasteiger partial charge in [0.15, 0.2) is 0 Å². The Morgan fingerprint density at radius 1 is 1.30 bits per heavy atom.